The van der Waals surface area contributed by atoms with Crippen LogP contribution in [0.1, 0.15) is 31.4 Å². The molecule has 1 heterocycles. The van der Waals surface area contributed by atoms with Gasteiger partial charge in [0.1, 0.15) is 5.82 Å². The number of nitrogens with two attached hydrogens (primary N) is 1. The van der Waals surface area contributed by atoms with Gasteiger partial charge in [0, 0.05) is 10.4 Å². The van der Waals surface area contributed by atoms with E-state index in [1.54, 1.807) is 0 Å². The summed E-state index contributed by atoms with van der Waals surface area (Å²) >= 11 is 3.46. The lowest BCUT2D eigenvalue weighted by atomic mass is 10.2. The molecule has 0 radical (unpaired) electrons. The molecule has 0 aliphatic rings. The van der Waals surface area contributed by atoms with Gasteiger partial charge in [-0.25, -0.2) is 9.67 Å². The predicted molar refractivity (Wildman–Crippen MR) is 71.0 cm³/mol. The lowest BCUT2D eigenvalue weighted by Gasteiger charge is -2.08. The third-order valence-electron chi connectivity index (χ3n) is 2.43. The fourth-order valence-corrected chi connectivity index (χ4v) is 2.01. The van der Waals surface area contributed by atoms with Gasteiger partial charge in [-0.2, -0.15) is 0 Å². The molecule has 2 N–H and O–H groups in total. The highest BCUT2D eigenvalue weighted by atomic mass is 79.9. The van der Waals surface area contributed by atoms with E-state index in [1.807, 2.05) is 28.9 Å². The number of halogens is 1. The Hall–Kier alpha value is -1.20. The van der Waals surface area contributed by atoms with Crippen LogP contribution < -0.4 is 5.73 Å². The molecule has 0 unspecified atom stereocenters. The molecule has 0 saturated carbocycles. The second-order valence-electron chi connectivity index (χ2n) is 4.14. The maximum Gasteiger partial charge on any atom is 0.164 e. The van der Waals surface area contributed by atoms with Crippen molar-refractivity contribution >= 4 is 15.9 Å². The fourth-order valence-electron chi connectivity index (χ4n) is 1.63. The van der Waals surface area contributed by atoms with Crippen molar-refractivity contribution in [3.8, 4) is 5.69 Å². The third-order valence-corrected chi connectivity index (χ3v) is 2.92. The number of rotatable bonds is 3. The van der Waals surface area contributed by atoms with E-state index in [-0.39, 0.29) is 0 Å². The lowest BCUT2D eigenvalue weighted by Crippen LogP contribution is -2.04. The highest BCUT2D eigenvalue weighted by Crippen LogP contribution is 2.20. The Morgan fingerprint density at radius 3 is 2.76 bits per heavy atom. The van der Waals surface area contributed by atoms with Crippen LogP contribution in [0, 0.1) is 0 Å². The van der Waals surface area contributed by atoms with E-state index in [1.165, 1.54) is 0 Å². The zero-order chi connectivity index (χ0) is 12.4. The van der Waals surface area contributed by atoms with Crippen LogP contribution >= 0.6 is 15.9 Å². The zero-order valence-electron chi connectivity index (χ0n) is 9.89. The van der Waals surface area contributed by atoms with Crippen LogP contribution in [0.25, 0.3) is 5.69 Å². The predicted octanol–water partition coefficient (Wildman–Crippen LogP) is 2.61. The molecule has 0 aliphatic heterocycles. The van der Waals surface area contributed by atoms with Gasteiger partial charge in [-0.15, -0.1) is 5.10 Å². The van der Waals surface area contributed by atoms with Crippen molar-refractivity contribution in [3.05, 3.63) is 40.4 Å². The Bertz CT molecular complexity index is 519. The van der Waals surface area contributed by atoms with E-state index in [9.17, 15) is 0 Å². The topological polar surface area (TPSA) is 56.7 Å². The summed E-state index contributed by atoms with van der Waals surface area (Å²) in [5, 5.41) is 4.42. The van der Waals surface area contributed by atoms with Crippen LogP contribution in [0.5, 0.6) is 0 Å². The Morgan fingerprint density at radius 1 is 1.41 bits per heavy atom. The first-order valence-electron chi connectivity index (χ1n) is 5.53. The molecule has 0 fully saturated rings. The first-order chi connectivity index (χ1) is 8.11. The van der Waals surface area contributed by atoms with Crippen LogP contribution in [-0.4, -0.2) is 14.8 Å². The Balaban J connectivity index is 2.53. The quantitative estimate of drug-likeness (QED) is 0.947. The van der Waals surface area contributed by atoms with Crippen molar-refractivity contribution in [2.75, 3.05) is 0 Å². The maximum absolute atomic E-state index is 5.59. The fraction of sp³-hybridized carbons (Fsp3) is 0.333. The summed E-state index contributed by atoms with van der Waals surface area (Å²) < 4.78 is 2.88. The summed E-state index contributed by atoms with van der Waals surface area (Å²) in [6, 6.07) is 7.99. The molecule has 0 atom stereocenters. The molecule has 1 aromatic carbocycles. The van der Waals surface area contributed by atoms with E-state index < -0.39 is 0 Å². The molecule has 0 aliphatic carbocycles. The van der Waals surface area contributed by atoms with Crippen LogP contribution in [0.2, 0.25) is 0 Å². The summed E-state index contributed by atoms with van der Waals surface area (Å²) in [5.41, 5.74) is 6.59. The van der Waals surface area contributed by atoms with Gasteiger partial charge in [0.2, 0.25) is 0 Å². The number of hydrogen-bond donors (Lipinski definition) is 1. The first kappa shape index (κ1) is 12.3. The largest absolute Gasteiger partial charge is 0.324 e. The number of aromatic nitrogens is 3. The molecule has 1 aromatic heterocycles. The van der Waals surface area contributed by atoms with Crippen molar-refractivity contribution in [2.45, 2.75) is 26.3 Å². The van der Waals surface area contributed by atoms with Gasteiger partial charge in [0.05, 0.1) is 12.2 Å². The van der Waals surface area contributed by atoms with Crippen molar-refractivity contribution in [2.24, 2.45) is 5.73 Å². The number of nitrogens with zero attached hydrogens (tertiary/aromatic N) is 3. The molecule has 0 saturated heterocycles. The third kappa shape index (κ3) is 2.56. The van der Waals surface area contributed by atoms with Crippen LogP contribution in [0.15, 0.2) is 28.7 Å². The van der Waals surface area contributed by atoms with E-state index in [0.29, 0.717) is 18.3 Å². The molecule has 4 nitrogen and oxygen atoms in total. The van der Waals surface area contributed by atoms with Gasteiger partial charge in [0.15, 0.2) is 5.82 Å². The van der Waals surface area contributed by atoms with E-state index in [4.69, 9.17) is 5.73 Å². The minimum absolute atomic E-state index is 0.307. The summed E-state index contributed by atoms with van der Waals surface area (Å²) in [6.07, 6.45) is 0. The van der Waals surface area contributed by atoms with Crippen molar-refractivity contribution in [1.82, 2.24) is 14.8 Å². The standard InChI is InChI=1S/C12H15BrN4/c1-8(2)12-15-11(7-14)16-17(12)10-5-3-4-9(13)6-10/h3-6,8H,7,14H2,1-2H3. The van der Waals surface area contributed by atoms with Crippen molar-refractivity contribution in [1.29, 1.82) is 0 Å². The number of benzene rings is 1. The highest BCUT2D eigenvalue weighted by Gasteiger charge is 2.13. The van der Waals surface area contributed by atoms with Crippen LogP contribution in [0.3, 0.4) is 0 Å². The Labute approximate surface area is 109 Å². The van der Waals surface area contributed by atoms with E-state index in [0.717, 1.165) is 16.0 Å². The molecule has 0 spiro atoms. The second-order valence-corrected chi connectivity index (χ2v) is 5.05. The second kappa shape index (κ2) is 4.98. The van der Waals surface area contributed by atoms with E-state index in [2.05, 4.69) is 39.9 Å². The molecule has 17 heavy (non-hydrogen) atoms. The smallest absolute Gasteiger partial charge is 0.164 e. The molecule has 0 bridgehead atoms. The van der Waals surface area contributed by atoms with E-state index >= 15 is 0 Å². The van der Waals surface area contributed by atoms with Gasteiger partial charge < -0.3 is 5.73 Å². The molecule has 0 amide bonds. The summed E-state index contributed by atoms with van der Waals surface area (Å²) in [7, 11) is 0. The van der Waals surface area contributed by atoms with Gasteiger partial charge in [0.25, 0.3) is 0 Å². The van der Waals surface area contributed by atoms with Crippen LogP contribution in [-0.2, 0) is 6.54 Å². The van der Waals surface area contributed by atoms with Crippen LogP contribution in [0.4, 0.5) is 0 Å². The normalized spacial score (nSPS) is 11.1. The highest BCUT2D eigenvalue weighted by molar-refractivity contribution is 9.10. The van der Waals surface area contributed by atoms with Gasteiger partial charge >= 0.3 is 0 Å². The summed E-state index contributed by atoms with van der Waals surface area (Å²) in [4.78, 5) is 4.45. The van der Waals surface area contributed by atoms with Crippen molar-refractivity contribution in [3.63, 3.8) is 0 Å². The molecule has 90 valence electrons. The minimum atomic E-state index is 0.307. The molecule has 2 rings (SSSR count). The summed E-state index contributed by atoms with van der Waals surface area (Å²) in [5.74, 6) is 1.92. The SMILES string of the molecule is CC(C)c1nc(CN)nn1-c1cccc(Br)c1. The molecule has 2 aromatic rings. The number of hydrogen-bond acceptors (Lipinski definition) is 3. The zero-order valence-corrected chi connectivity index (χ0v) is 11.5. The minimum Gasteiger partial charge on any atom is -0.324 e. The maximum atomic E-state index is 5.59. The summed E-state index contributed by atoms with van der Waals surface area (Å²) in [6.45, 7) is 4.55. The van der Waals surface area contributed by atoms with Gasteiger partial charge in [-0.1, -0.05) is 35.8 Å². The molecule has 5 heteroatoms. The van der Waals surface area contributed by atoms with Gasteiger partial charge in [-0.3, -0.25) is 0 Å². The average Bonchev–Trinajstić information content (AvgIpc) is 2.73. The Morgan fingerprint density at radius 2 is 2.18 bits per heavy atom. The van der Waals surface area contributed by atoms with Crippen molar-refractivity contribution < 1.29 is 0 Å². The lowest BCUT2D eigenvalue weighted by molar-refractivity contribution is 0.712. The monoisotopic (exact) mass is 294 g/mol. The average molecular weight is 295 g/mol. The Kier molecular flexibility index (Phi) is 3.59. The van der Waals surface area contributed by atoms with Gasteiger partial charge in [-0.05, 0) is 18.2 Å². The molecular weight excluding hydrogens is 280 g/mol. The first-order valence-corrected chi connectivity index (χ1v) is 6.33. The molecular formula is C12H15BrN4.